The summed E-state index contributed by atoms with van der Waals surface area (Å²) in [6, 6.07) is 8.65. The van der Waals surface area contributed by atoms with Crippen molar-refractivity contribution < 1.29 is 13.9 Å². The highest BCUT2D eigenvalue weighted by Gasteiger charge is 2.09. The number of hydrogen-bond acceptors (Lipinski definition) is 2. The highest BCUT2D eigenvalue weighted by molar-refractivity contribution is 9.10. The molecular formula is C14H12BrF2NO. The van der Waals surface area contributed by atoms with Gasteiger partial charge in [0.2, 0.25) is 0 Å². The molecule has 100 valence electrons. The van der Waals surface area contributed by atoms with Crippen LogP contribution in [0, 0.1) is 11.6 Å². The van der Waals surface area contributed by atoms with Crippen molar-refractivity contribution in [2.24, 2.45) is 0 Å². The SMILES string of the molecule is CC(Nc1ccc(O)c(F)c1)c1ccc(F)c(Br)c1. The molecule has 0 aliphatic heterocycles. The van der Waals surface area contributed by atoms with Crippen molar-refractivity contribution in [2.45, 2.75) is 13.0 Å². The average Bonchev–Trinajstić information content (AvgIpc) is 2.37. The molecule has 0 aromatic heterocycles. The predicted octanol–water partition coefficient (Wildman–Crippen LogP) is 4.61. The first-order valence-electron chi connectivity index (χ1n) is 5.67. The van der Waals surface area contributed by atoms with Gasteiger partial charge >= 0.3 is 0 Å². The fourth-order valence-corrected chi connectivity index (χ4v) is 2.11. The predicted molar refractivity (Wildman–Crippen MR) is 74.2 cm³/mol. The van der Waals surface area contributed by atoms with Crippen molar-refractivity contribution in [3.05, 3.63) is 58.1 Å². The molecule has 0 heterocycles. The lowest BCUT2D eigenvalue weighted by Crippen LogP contribution is -2.07. The zero-order valence-electron chi connectivity index (χ0n) is 10.1. The first-order chi connectivity index (χ1) is 8.97. The number of anilines is 1. The molecule has 0 aliphatic carbocycles. The molecule has 2 N–H and O–H groups in total. The average molecular weight is 328 g/mol. The van der Waals surface area contributed by atoms with Gasteiger partial charge in [0.15, 0.2) is 11.6 Å². The molecule has 2 nitrogen and oxygen atoms in total. The Hall–Kier alpha value is -1.62. The van der Waals surface area contributed by atoms with Crippen LogP contribution in [0.2, 0.25) is 0 Å². The summed E-state index contributed by atoms with van der Waals surface area (Å²) in [5, 5.41) is 12.2. The normalized spacial score (nSPS) is 12.2. The number of nitrogens with one attached hydrogen (secondary N) is 1. The van der Waals surface area contributed by atoms with Crippen molar-refractivity contribution in [3.8, 4) is 5.75 Å². The van der Waals surface area contributed by atoms with Gasteiger partial charge in [-0.2, -0.15) is 0 Å². The van der Waals surface area contributed by atoms with Gasteiger partial charge in [0.25, 0.3) is 0 Å². The van der Waals surface area contributed by atoms with E-state index < -0.39 is 5.82 Å². The third kappa shape index (κ3) is 3.23. The monoisotopic (exact) mass is 327 g/mol. The number of phenols is 1. The van der Waals surface area contributed by atoms with E-state index in [0.29, 0.717) is 10.2 Å². The third-order valence-corrected chi connectivity index (χ3v) is 3.38. The Bertz CT molecular complexity index is 604. The molecule has 0 aliphatic rings. The molecule has 0 fully saturated rings. The minimum atomic E-state index is -0.683. The number of benzene rings is 2. The van der Waals surface area contributed by atoms with Crippen molar-refractivity contribution in [1.29, 1.82) is 0 Å². The van der Waals surface area contributed by atoms with Gasteiger partial charge in [-0.3, -0.25) is 0 Å². The minimum Gasteiger partial charge on any atom is -0.505 e. The highest BCUT2D eigenvalue weighted by Crippen LogP contribution is 2.26. The second-order valence-electron chi connectivity index (χ2n) is 4.21. The molecule has 0 spiro atoms. The van der Waals surface area contributed by atoms with Gasteiger partial charge in [-0.1, -0.05) is 6.07 Å². The van der Waals surface area contributed by atoms with Crippen LogP contribution in [-0.4, -0.2) is 5.11 Å². The maximum Gasteiger partial charge on any atom is 0.166 e. The van der Waals surface area contributed by atoms with Crippen LogP contribution in [0.3, 0.4) is 0 Å². The van der Waals surface area contributed by atoms with Crippen LogP contribution >= 0.6 is 15.9 Å². The quantitative estimate of drug-likeness (QED) is 0.807. The zero-order valence-corrected chi connectivity index (χ0v) is 11.7. The second kappa shape index (κ2) is 5.57. The summed E-state index contributed by atoms with van der Waals surface area (Å²) in [4.78, 5) is 0. The lowest BCUT2D eigenvalue weighted by atomic mass is 10.1. The molecule has 0 saturated carbocycles. The number of hydrogen-bond donors (Lipinski definition) is 2. The topological polar surface area (TPSA) is 32.3 Å². The van der Waals surface area contributed by atoms with E-state index in [1.54, 1.807) is 18.2 Å². The largest absolute Gasteiger partial charge is 0.505 e. The zero-order chi connectivity index (χ0) is 14.0. The first kappa shape index (κ1) is 13.8. The molecule has 5 heteroatoms. The van der Waals surface area contributed by atoms with Crippen LogP contribution in [0.15, 0.2) is 40.9 Å². The standard InChI is InChI=1S/C14H12BrF2NO/c1-8(9-2-4-12(16)11(15)6-9)18-10-3-5-14(19)13(17)7-10/h2-8,18-19H,1H3. The van der Waals surface area contributed by atoms with E-state index in [1.165, 1.54) is 18.2 Å². The maximum absolute atomic E-state index is 13.2. The van der Waals surface area contributed by atoms with E-state index >= 15 is 0 Å². The van der Waals surface area contributed by atoms with Gasteiger partial charge in [-0.05, 0) is 52.7 Å². The minimum absolute atomic E-state index is 0.124. The molecule has 2 aromatic rings. The highest BCUT2D eigenvalue weighted by atomic mass is 79.9. The van der Waals surface area contributed by atoms with Gasteiger partial charge < -0.3 is 10.4 Å². The van der Waals surface area contributed by atoms with Gasteiger partial charge in [0.05, 0.1) is 4.47 Å². The number of phenolic OH excluding ortho intramolecular Hbond substituents is 1. The van der Waals surface area contributed by atoms with Gasteiger partial charge in [-0.15, -0.1) is 0 Å². The fourth-order valence-electron chi connectivity index (χ4n) is 1.71. The summed E-state index contributed by atoms with van der Waals surface area (Å²) in [6.45, 7) is 1.88. The van der Waals surface area contributed by atoms with E-state index in [1.807, 2.05) is 6.92 Å². The van der Waals surface area contributed by atoms with Crippen LogP contribution in [0.1, 0.15) is 18.5 Å². The van der Waals surface area contributed by atoms with Crippen molar-refractivity contribution in [1.82, 2.24) is 0 Å². The van der Waals surface area contributed by atoms with E-state index in [-0.39, 0.29) is 17.6 Å². The Morgan fingerprint density at radius 2 is 1.84 bits per heavy atom. The van der Waals surface area contributed by atoms with Crippen LogP contribution < -0.4 is 5.32 Å². The molecule has 2 rings (SSSR count). The Labute approximate surface area is 118 Å². The summed E-state index contributed by atoms with van der Waals surface area (Å²) < 4.78 is 26.7. The Morgan fingerprint density at radius 1 is 1.11 bits per heavy atom. The van der Waals surface area contributed by atoms with Crippen molar-refractivity contribution >= 4 is 21.6 Å². The number of aromatic hydroxyl groups is 1. The first-order valence-corrected chi connectivity index (χ1v) is 6.46. The van der Waals surface area contributed by atoms with Gasteiger partial charge in [0, 0.05) is 17.8 Å². The van der Waals surface area contributed by atoms with E-state index in [2.05, 4.69) is 21.2 Å². The van der Waals surface area contributed by atoms with Crippen molar-refractivity contribution in [3.63, 3.8) is 0 Å². The Morgan fingerprint density at radius 3 is 2.47 bits per heavy atom. The van der Waals surface area contributed by atoms with Gasteiger partial charge in [-0.25, -0.2) is 8.78 Å². The summed E-state index contributed by atoms with van der Waals surface area (Å²) in [6.07, 6.45) is 0. The van der Waals surface area contributed by atoms with Crippen LogP contribution in [0.4, 0.5) is 14.5 Å². The molecule has 1 unspecified atom stereocenters. The number of halogens is 3. The Kier molecular flexibility index (Phi) is 4.04. The second-order valence-corrected chi connectivity index (χ2v) is 5.06. The third-order valence-electron chi connectivity index (χ3n) is 2.77. The number of rotatable bonds is 3. The molecular weight excluding hydrogens is 316 g/mol. The molecule has 19 heavy (non-hydrogen) atoms. The van der Waals surface area contributed by atoms with Crippen LogP contribution in [0.5, 0.6) is 5.75 Å². The van der Waals surface area contributed by atoms with Crippen LogP contribution in [-0.2, 0) is 0 Å². The lowest BCUT2D eigenvalue weighted by Gasteiger charge is -2.16. The Balaban J connectivity index is 2.17. The van der Waals surface area contributed by atoms with Gasteiger partial charge in [0.1, 0.15) is 5.82 Å². The maximum atomic E-state index is 13.2. The van der Waals surface area contributed by atoms with E-state index in [4.69, 9.17) is 5.11 Å². The molecule has 0 amide bonds. The summed E-state index contributed by atoms with van der Waals surface area (Å²) >= 11 is 3.13. The molecule has 0 radical (unpaired) electrons. The summed E-state index contributed by atoms with van der Waals surface area (Å²) in [5.74, 6) is -1.40. The molecule has 0 bridgehead atoms. The summed E-state index contributed by atoms with van der Waals surface area (Å²) in [5.41, 5.74) is 1.41. The van der Waals surface area contributed by atoms with E-state index in [0.717, 1.165) is 5.56 Å². The lowest BCUT2D eigenvalue weighted by molar-refractivity contribution is 0.432. The summed E-state index contributed by atoms with van der Waals surface area (Å²) in [7, 11) is 0. The molecule has 0 saturated heterocycles. The van der Waals surface area contributed by atoms with Crippen molar-refractivity contribution in [2.75, 3.05) is 5.32 Å². The van der Waals surface area contributed by atoms with Crippen LogP contribution in [0.25, 0.3) is 0 Å². The molecule has 1 atom stereocenters. The molecule has 2 aromatic carbocycles. The smallest absolute Gasteiger partial charge is 0.166 e. The fraction of sp³-hybridized carbons (Fsp3) is 0.143. The van der Waals surface area contributed by atoms with E-state index in [9.17, 15) is 8.78 Å².